The molecule has 0 atom stereocenters. The molecule has 0 spiro atoms. The molecule has 110 valence electrons. The molecule has 1 aliphatic rings. The number of thiocarbonyl (C=S) groups is 1. The number of hydrogen-bond acceptors (Lipinski definition) is 5. The zero-order chi connectivity index (χ0) is 15.7. The SMILES string of the molecule is CCN1C(=O)C(=Cc2ccc(O)c([N+](=O)[O-])c2)N(C)C1=S. The number of aromatic hydroxyl groups is 1. The van der Waals surface area contributed by atoms with Crippen LogP contribution >= 0.6 is 12.2 Å². The molecule has 1 aliphatic heterocycles. The van der Waals surface area contributed by atoms with Crippen LogP contribution in [0.1, 0.15) is 12.5 Å². The van der Waals surface area contributed by atoms with E-state index in [2.05, 4.69) is 0 Å². The van der Waals surface area contributed by atoms with Crippen LogP contribution in [0.15, 0.2) is 23.9 Å². The molecule has 1 N–H and O–H groups in total. The molecule has 1 saturated heterocycles. The third-order valence-corrected chi connectivity index (χ3v) is 3.65. The van der Waals surface area contributed by atoms with Gasteiger partial charge in [0.15, 0.2) is 10.9 Å². The Morgan fingerprint density at radius 2 is 2.14 bits per heavy atom. The average Bonchev–Trinajstić information content (AvgIpc) is 2.64. The normalized spacial score (nSPS) is 17.0. The van der Waals surface area contributed by atoms with Gasteiger partial charge in [-0.25, -0.2) is 0 Å². The minimum atomic E-state index is -0.680. The van der Waals surface area contributed by atoms with Crippen LogP contribution in [0.4, 0.5) is 5.69 Å². The predicted molar refractivity (Wildman–Crippen MR) is 80.5 cm³/mol. The van der Waals surface area contributed by atoms with Crippen LogP contribution in [0.5, 0.6) is 5.75 Å². The summed E-state index contributed by atoms with van der Waals surface area (Å²) in [6, 6.07) is 3.93. The first-order chi connectivity index (χ1) is 9.86. The van der Waals surface area contributed by atoms with Gasteiger partial charge in [-0.05, 0) is 36.8 Å². The van der Waals surface area contributed by atoms with E-state index in [9.17, 15) is 20.0 Å². The van der Waals surface area contributed by atoms with Gasteiger partial charge in [-0.3, -0.25) is 19.8 Å². The first-order valence-electron chi connectivity index (χ1n) is 6.15. The number of phenolic OH excluding ortho intramolecular Hbond substituents is 1. The number of nitro groups is 1. The number of nitrogens with zero attached hydrogens (tertiary/aromatic N) is 3. The largest absolute Gasteiger partial charge is 0.502 e. The zero-order valence-electron chi connectivity index (χ0n) is 11.4. The second kappa shape index (κ2) is 5.49. The van der Waals surface area contributed by atoms with Crippen molar-refractivity contribution in [1.29, 1.82) is 0 Å². The zero-order valence-corrected chi connectivity index (χ0v) is 12.3. The number of rotatable bonds is 3. The Kier molecular flexibility index (Phi) is 3.90. The van der Waals surface area contributed by atoms with E-state index >= 15 is 0 Å². The first kappa shape index (κ1) is 14.9. The number of nitro benzene ring substituents is 1. The summed E-state index contributed by atoms with van der Waals surface area (Å²) in [7, 11) is 1.66. The Morgan fingerprint density at radius 1 is 1.48 bits per heavy atom. The van der Waals surface area contributed by atoms with Crippen molar-refractivity contribution < 1.29 is 14.8 Å². The van der Waals surface area contributed by atoms with E-state index in [1.807, 2.05) is 6.92 Å². The molecule has 0 aromatic heterocycles. The fourth-order valence-electron chi connectivity index (χ4n) is 2.02. The molecule has 0 bridgehead atoms. The van der Waals surface area contributed by atoms with Crippen molar-refractivity contribution in [2.75, 3.05) is 13.6 Å². The van der Waals surface area contributed by atoms with Crippen LogP contribution in [0.25, 0.3) is 6.08 Å². The fourth-order valence-corrected chi connectivity index (χ4v) is 2.33. The van der Waals surface area contributed by atoms with Crippen LogP contribution in [0.2, 0.25) is 0 Å². The molecular formula is C13H13N3O4S. The molecule has 1 aromatic carbocycles. The minimum absolute atomic E-state index is 0.249. The lowest BCUT2D eigenvalue weighted by Crippen LogP contribution is -2.30. The van der Waals surface area contributed by atoms with Gasteiger partial charge < -0.3 is 10.0 Å². The molecule has 21 heavy (non-hydrogen) atoms. The molecule has 0 radical (unpaired) electrons. The predicted octanol–water partition coefficient (Wildman–Crippen LogP) is 1.72. The van der Waals surface area contributed by atoms with Crippen molar-refractivity contribution >= 4 is 35.0 Å². The minimum Gasteiger partial charge on any atom is -0.502 e. The van der Waals surface area contributed by atoms with Crippen LogP contribution < -0.4 is 0 Å². The summed E-state index contributed by atoms with van der Waals surface area (Å²) in [5.41, 5.74) is 0.365. The van der Waals surface area contributed by atoms with E-state index in [-0.39, 0.29) is 5.91 Å². The summed E-state index contributed by atoms with van der Waals surface area (Å²) < 4.78 is 0. The van der Waals surface area contributed by atoms with Gasteiger partial charge in [0.2, 0.25) is 0 Å². The first-order valence-corrected chi connectivity index (χ1v) is 6.56. The van der Waals surface area contributed by atoms with Crippen molar-refractivity contribution in [3.63, 3.8) is 0 Å². The lowest BCUT2D eigenvalue weighted by molar-refractivity contribution is -0.385. The Bertz CT molecular complexity index is 671. The van der Waals surface area contributed by atoms with Crippen molar-refractivity contribution in [2.24, 2.45) is 0 Å². The molecule has 1 amide bonds. The third kappa shape index (κ3) is 2.57. The van der Waals surface area contributed by atoms with E-state index < -0.39 is 16.4 Å². The summed E-state index contributed by atoms with van der Waals surface area (Å²) in [4.78, 5) is 25.3. The van der Waals surface area contributed by atoms with Gasteiger partial charge in [0.25, 0.3) is 5.91 Å². The van der Waals surface area contributed by atoms with E-state index in [1.165, 1.54) is 29.2 Å². The molecule has 0 saturated carbocycles. The number of hydrogen-bond donors (Lipinski definition) is 1. The standard InChI is InChI=1S/C13H13N3O4S/c1-3-15-12(18)10(14(2)13(15)21)7-8-4-5-11(17)9(6-8)16(19)20/h4-7,17H,3H2,1-2H3. The van der Waals surface area contributed by atoms with Gasteiger partial charge >= 0.3 is 5.69 Å². The van der Waals surface area contributed by atoms with Gasteiger partial charge in [-0.2, -0.15) is 0 Å². The summed E-state index contributed by atoms with van der Waals surface area (Å²) in [6.07, 6.45) is 1.51. The number of likely N-dealkylation sites (N-methyl/N-ethyl adjacent to an activating group) is 2. The third-order valence-electron chi connectivity index (χ3n) is 3.16. The van der Waals surface area contributed by atoms with E-state index in [0.29, 0.717) is 22.9 Å². The average molecular weight is 307 g/mol. The monoisotopic (exact) mass is 307 g/mol. The van der Waals surface area contributed by atoms with E-state index in [4.69, 9.17) is 12.2 Å². The highest BCUT2D eigenvalue weighted by Gasteiger charge is 2.34. The molecular weight excluding hydrogens is 294 g/mol. The number of amides is 1. The Balaban J connectivity index is 2.45. The lowest BCUT2D eigenvalue weighted by Gasteiger charge is -2.13. The highest BCUT2D eigenvalue weighted by atomic mass is 32.1. The Morgan fingerprint density at radius 3 is 2.67 bits per heavy atom. The van der Waals surface area contributed by atoms with Crippen molar-refractivity contribution in [3.8, 4) is 5.75 Å². The number of benzene rings is 1. The molecule has 7 nitrogen and oxygen atoms in total. The summed E-state index contributed by atoms with van der Waals surface area (Å²) >= 11 is 5.16. The second-order valence-corrected chi connectivity index (χ2v) is 4.79. The van der Waals surface area contributed by atoms with Crippen molar-refractivity contribution in [2.45, 2.75) is 6.92 Å². The fraction of sp³-hybridized carbons (Fsp3) is 0.231. The molecule has 1 aromatic rings. The lowest BCUT2D eigenvalue weighted by atomic mass is 10.1. The Hall–Kier alpha value is -2.48. The maximum Gasteiger partial charge on any atom is 0.311 e. The summed E-state index contributed by atoms with van der Waals surface area (Å²) in [6.45, 7) is 2.27. The number of carbonyl (C=O) groups excluding carboxylic acids is 1. The maximum absolute atomic E-state index is 12.2. The molecule has 1 fully saturated rings. The molecule has 2 rings (SSSR count). The van der Waals surface area contributed by atoms with Gasteiger partial charge in [-0.1, -0.05) is 6.07 Å². The van der Waals surface area contributed by atoms with E-state index in [1.54, 1.807) is 11.9 Å². The highest BCUT2D eigenvalue weighted by Crippen LogP contribution is 2.28. The van der Waals surface area contributed by atoms with Crippen LogP contribution in [0.3, 0.4) is 0 Å². The van der Waals surface area contributed by atoms with Crippen LogP contribution in [0, 0.1) is 10.1 Å². The Labute approximate surface area is 126 Å². The molecule has 8 heteroatoms. The maximum atomic E-state index is 12.2. The summed E-state index contributed by atoms with van der Waals surface area (Å²) in [5, 5.41) is 20.6. The molecule has 0 unspecified atom stereocenters. The van der Waals surface area contributed by atoms with Crippen LogP contribution in [-0.4, -0.2) is 44.4 Å². The van der Waals surface area contributed by atoms with E-state index in [0.717, 1.165) is 0 Å². The van der Waals surface area contributed by atoms with Crippen molar-refractivity contribution in [3.05, 3.63) is 39.6 Å². The van der Waals surface area contributed by atoms with Gasteiger partial charge in [0.1, 0.15) is 5.70 Å². The quantitative estimate of drug-likeness (QED) is 0.396. The second-order valence-electron chi connectivity index (χ2n) is 4.43. The smallest absolute Gasteiger partial charge is 0.311 e. The number of carbonyl (C=O) groups is 1. The molecule has 0 aliphatic carbocycles. The van der Waals surface area contributed by atoms with Crippen LogP contribution in [-0.2, 0) is 4.79 Å². The highest BCUT2D eigenvalue weighted by molar-refractivity contribution is 7.80. The number of phenols is 1. The van der Waals surface area contributed by atoms with Crippen molar-refractivity contribution in [1.82, 2.24) is 9.80 Å². The van der Waals surface area contributed by atoms with Gasteiger partial charge in [-0.15, -0.1) is 0 Å². The van der Waals surface area contributed by atoms with Gasteiger partial charge in [0, 0.05) is 19.7 Å². The van der Waals surface area contributed by atoms with Gasteiger partial charge in [0.05, 0.1) is 4.92 Å². The summed E-state index contributed by atoms with van der Waals surface area (Å²) in [5.74, 6) is -0.667. The molecule has 1 heterocycles. The topological polar surface area (TPSA) is 86.9 Å².